The van der Waals surface area contributed by atoms with Crippen molar-refractivity contribution in [1.82, 2.24) is 4.90 Å². The number of aryl methyl sites for hydroxylation is 2. The molecule has 2 aromatic rings. The maximum Gasteiger partial charge on any atom is 0.262 e. The molecule has 0 spiro atoms. The van der Waals surface area contributed by atoms with Gasteiger partial charge in [0, 0.05) is 54.0 Å². The number of allylic oxidation sites excluding steroid dienone is 4. The van der Waals surface area contributed by atoms with Gasteiger partial charge >= 0.3 is 0 Å². The minimum atomic E-state index is -0.409. The van der Waals surface area contributed by atoms with Crippen LogP contribution in [-0.2, 0) is 14.4 Å². The van der Waals surface area contributed by atoms with Crippen molar-refractivity contribution in [3.05, 3.63) is 75.6 Å². The number of hydrogen-bond acceptors (Lipinski definition) is 6. The molecule has 204 valence electrons. The second-order valence-corrected chi connectivity index (χ2v) is 10.6. The Hall–Kier alpha value is -3.87. The molecule has 7 nitrogen and oxygen atoms in total. The van der Waals surface area contributed by atoms with Gasteiger partial charge in [0.25, 0.3) is 5.91 Å². The number of anilines is 1. The molecule has 1 N–H and O–H groups in total. The van der Waals surface area contributed by atoms with Gasteiger partial charge in [-0.2, -0.15) is 0 Å². The summed E-state index contributed by atoms with van der Waals surface area (Å²) in [4.78, 5) is 41.3. The van der Waals surface area contributed by atoms with E-state index in [1.54, 1.807) is 6.07 Å². The molecule has 0 saturated carbocycles. The lowest BCUT2D eigenvalue weighted by Crippen LogP contribution is -2.37. The summed E-state index contributed by atoms with van der Waals surface area (Å²) in [5.41, 5.74) is 7.24. The molecular weight excluding hydrogens is 492 g/mol. The van der Waals surface area contributed by atoms with Crippen LogP contribution in [0.5, 0.6) is 11.5 Å². The maximum atomic E-state index is 13.3. The Morgan fingerprint density at radius 3 is 2.18 bits per heavy atom. The van der Waals surface area contributed by atoms with E-state index >= 15 is 0 Å². The Kier molecular flexibility index (Phi) is 7.60. The van der Waals surface area contributed by atoms with Gasteiger partial charge in [-0.25, -0.2) is 0 Å². The van der Waals surface area contributed by atoms with Gasteiger partial charge in [-0.05, 0) is 75.8 Å². The molecule has 39 heavy (non-hydrogen) atoms. The van der Waals surface area contributed by atoms with E-state index in [2.05, 4.69) is 10.2 Å². The summed E-state index contributed by atoms with van der Waals surface area (Å²) in [6.07, 6.45) is 4.30. The van der Waals surface area contributed by atoms with Crippen molar-refractivity contribution in [2.75, 3.05) is 25.6 Å². The average molecular weight is 529 g/mol. The third-order valence-electron chi connectivity index (χ3n) is 7.86. The fraction of sp³-hybridized carbons (Fsp3) is 0.406. The summed E-state index contributed by atoms with van der Waals surface area (Å²) in [6.45, 7) is 6.07. The molecule has 0 bridgehead atoms. The normalized spacial score (nSPS) is 17.7. The lowest BCUT2D eigenvalue weighted by atomic mass is 9.71. The Morgan fingerprint density at radius 2 is 1.56 bits per heavy atom. The second-order valence-electron chi connectivity index (χ2n) is 10.6. The first kappa shape index (κ1) is 26.7. The van der Waals surface area contributed by atoms with Crippen LogP contribution in [0.4, 0.5) is 5.69 Å². The van der Waals surface area contributed by atoms with Gasteiger partial charge in [0.15, 0.2) is 29.7 Å². The zero-order chi connectivity index (χ0) is 27.7. The molecule has 1 heterocycles. The van der Waals surface area contributed by atoms with Gasteiger partial charge in [-0.15, -0.1) is 0 Å². The third kappa shape index (κ3) is 5.22. The summed E-state index contributed by atoms with van der Waals surface area (Å²) in [5.74, 6) is 0.474. The van der Waals surface area contributed by atoms with Crippen molar-refractivity contribution in [3.63, 3.8) is 0 Å². The van der Waals surface area contributed by atoms with Crippen LogP contribution in [0, 0.1) is 13.8 Å². The molecule has 1 amide bonds. The molecule has 0 aromatic heterocycles. The van der Waals surface area contributed by atoms with Gasteiger partial charge in [0.1, 0.15) is 0 Å². The smallest absolute Gasteiger partial charge is 0.262 e. The van der Waals surface area contributed by atoms with E-state index in [1.165, 1.54) is 0 Å². The van der Waals surface area contributed by atoms with Gasteiger partial charge in [0.2, 0.25) is 0 Å². The highest BCUT2D eigenvalue weighted by atomic mass is 16.5. The van der Waals surface area contributed by atoms with E-state index in [4.69, 9.17) is 9.47 Å². The van der Waals surface area contributed by atoms with E-state index in [-0.39, 0.29) is 24.1 Å². The number of rotatable bonds is 7. The molecular formula is C32H36N2O5. The number of benzene rings is 2. The van der Waals surface area contributed by atoms with E-state index in [0.29, 0.717) is 30.9 Å². The number of ketones is 2. The maximum absolute atomic E-state index is 13.3. The molecule has 1 aliphatic heterocycles. The van der Waals surface area contributed by atoms with Crippen LogP contribution in [0.15, 0.2) is 58.9 Å². The molecule has 7 heteroatoms. The van der Waals surface area contributed by atoms with Gasteiger partial charge in [-0.1, -0.05) is 23.8 Å². The number of nitrogens with zero attached hydrogens (tertiary/aromatic N) is 1. The minimum Gasteiger partial charge on any atom is -0.490 e. The summed E-state index contributed by atoms with van der Waals surface area (Å²) < 4.78 is 11.8. The molecule has 2 aliphatic carbocycles. The van der Waals surface area contributed by atoms with Gasteiger partial charge in [0.05, 0.1) is 6.61 Å². The molecule has 0 atom stereocenters. The largest absolute Gasteiger partial charge is 0.490 e. The predicted molar refractivity (Wildman–Crippen MR) is 150 cm³/mol. The average Bonchev–Trinajstić information content (AvgIpc) is 2.91. The fourth-order valence-electron chi connectivity index (χ4n) is 6.06. The lowest BCUT2D eigenvalue weighted by Gasteiger charge is -2.42. The molecule has 3 aliphatic rings. The molecule has 0 fully saturated rings. The molecule has 0 radical (unpaired) electrons. The SMILES string of the molecule is CCOc1cc(C2C3=C(CCCC3=O)N(C)C3=C2C(=O)CCC3)ccc1OCC(=O)Nc1ccc(C)cc1C. The van der Waals surface area contributed by atoms with E-state index < -0.39 is 5.92 Å². The van der Waals surface area contributed by atoms with E-state index in [9.17, 15) is 14.4 Å². The first-order chi connectivity index (χ1) is 18.8. The number of amides is 1. The van der Waals surface area contributed by atoms with Crippen LogP contribution in [0.1, 0.15) is 68.1 Å². The number of hydrogen-bond donors (Lipinski definition) is 1. The number of nitrogens with one attached hydrogen (secondary N) is 1. The zero-order valence-corrected chi connectivity index (χ0v) is 23.2. The van der Waals surface area contributed by atoms with Crippen molar-refractivity contribution < 1.29 is 23.9 Å². The second kappa shape index (κ2) is 11.1. The molecule has 0 unspecified atom stereocenters. The topological polar surface area (TPSA) is 84.9 Å². The molecule has 5 rings (SSSR count). The van der Waals surface area contributed by atoms with Crippen molar-refractivity contribution in [1.29, 1.82) is 0 Å². The van der Waals surface area contributed by atoms with E-state index in [0.717, 1.165) is 70.6 Å². The van der Waals surface area contributed by atoms with E-state index in [1.807, 2.05) is 58.2 Å². The summed E-state index contributed by atoms with van der Waals surface area (Å²) in [5, 5.41) is 2.90. The summed E-state index contributed by atoms with van der Waals surface area (Å²) in [7, 11) is 1.99. The van der Waals surface area contributed by atoms with Crippen LogP contribution in [-0.4, -0.2) is 42.6 Å². The van der Waals surface area contributed by atoms with Crippen LogP contribution in [0.3, 0.4) is 0 Å². The number of ether oxygens (including phenoxy) is 2. The Bertz CT molecular complexity index is 1360. The van der Waals surface area contributed by atoms with Crippen molar-refractivity contribution >= 4 is 23.2 Å². The highest BCUT2D eigenvalue weighted by molar-refractivity contribution is 6.06. The highest BCUT2D eigenvalue weighted by Gasteiger charge is 2.42. The third-order valence-corrected chi connectivity index (χ3v) is 7.86. The number of carbonyl (C=O) groups excluding carboxylic acids is 3. The number of Topliss-reactive ketones (excluding diaryl/α,β-unsaturated/α-hetero) is 2. The Labute approximate surface area is 229 Å². The van der Waals surface area contributed by atoms with Crippen LogP contribution in [0.2, 0.25) is 0 Å². The first-order valence-electron chi connectivity index (χ1n) is 13.8. The van der Waals surface area contributed by atoms with Crippen molar-refractivity contribution in [3.8, 4) is 11.5 Å². The van der Waals surface area contributed by atoms with Gasteiger partial charge in [-0.3, -0.25) is 14.4 Å². The zero-order valence-electron chi connectivity index (χ0n) is 23.2. The van der Waals surface area contributed by atoms with Crippen LogP contribution in [0.25, 0.3) is 0 Å². The van der Waals surface area contributed by atoms with Crippen LogP contribution < -0.4 is 14.8 Å². The Balaban J connectivity index is 1.44. The highest BCUT2D eigenvalue weighted by Crippen LogP contribution is 2.49. The predicted octanol–water partition coefficient (Wildman–Crippen LogP) is 5.76. The Morgan fingerprint density at radius 1 is 0.897 bits per heavy atom. The van der Waals surface area contributed by atoms with Crippen molar-refractivity contribution in [2.24, 2.45) is 0 Å². The first-order valence-corrected chi connectivity index (χ1v) is 13.8. The quantitative estimate of drug-likeness (QED) is 0.492. The number of carbonyl (C=O) groups is 3. The summed E-state index contributed by atoms with van der Waals surface area (Å²) in [6, 6.07) is 11.4. The minimum absolute atomic E-state index is 0.111. The fourth-order valence-corrected chi connectivity index (χ4v) is 6.06. The van der Waals surface area contributed by atoms with Gasteiger partial charge < -0.3 is 19.7 Å². The summed E-state index contributed by atoms with van der Waals surface area (Å²) >= 11 is 0. The van der Waals surface area contributed by atoms with Crippen molar-refractivity contribution in [2.45, 2.75) is 65.2 Å². The van der Waals surface area contributed by atoms with Crippen LogP contribution >= 0.6 is 0 Å². The molecule has 2 aromatic carbocycles. The standard InChI is InChI=1S/C32H36N2O5/c1-5-38-28-17-21(13-15-27(28)39-18-29(37)33-22-14-12-19(2)16-20(22)3)30-31-23(8-6-10-25(31)35)34(4)24-9-7-11-26(36)32(24)30/h12-17,30H,5-11,18H2,1-4H3,(H,33,37). The lowest BCUT2D eigenvalue weighted by molar-refractivity contribution is -0.118. The molecule has 0 saturated heterocycles. The monoisotopic (exact) mass is 528 g/mol.